The molecule has 1 unspecified atom stereocenters. The number of benzene rings is 2. The summed E-state index contributed by atoms with van der Waals surface area (Å²) in [7, 11) is 0. The molecule has 0 amide bonds. The van der Waals surface area contributed by atoms with Gasteiger partial charge in [0.15, 0.2) is 0 Å². The standard InChI is InChI=1S/C16H16O/c17-15-9-8-12(11-15)10-14-6-3-5-13-4-1-2-7-16(13)14/h1-7,11,15,17H,8-10H2. The molecule has 1 heteroatoms. The summed E-state index contributed by atoms with van der Waals surface area (Å²) in [6, 6.07) is 14.9. The summed E-state index contributed by atoms with van der Waals surface area (Å²) < 4.78 is 0. The summed E-state index contributed by atoms with van der Waals surface area (Å²) in [6.45, 7) is 0. The van der Waals surface area contributed by atoms with Crippen LogP contribution in [0.15, 0.2) is 54.1 Å². The van der Waals surface area contributed by atoms with Gasteiger partial charge in [0.25, 0.3) is 0 Å². The fourth-order valence-corrected chi connectivity index (χ4v) is 2.61. The minimum atomic E-state index is -0.222. The third kappa shape index (κ3) is 2.11. The molecule has 17 heavy (non-hydrogen) atoms. The molecule has 1 aliphatic rings. The molecule has 1 N–H and O–H groups in total. The zero-order valence-electron chi connectivity index (χ0n) is 9.76. The lowest BCUT2D eigenvalue weighted by Crippen LogP contribution is -1.93. The first-order valence-electron chi connectivity index (χ1n) is 6.17. The quantitative estimate of drug-likeness (QED) is 0.774. The molecule has 0 saturated carbocycles. The van der Waals surface area contributed by atoms with Crippen LogP contribution in [0, 0.1) is 0 Å². The number of aliphatic hydroxyl groups is 1. The van der Waals surface area contributed by atoms with Crippen molar-refractivity contribution in [2.45, 2.75) is 25.4 Å². The lowest BCUT2D eigenvalue weighted by Gasteiger charge is -2.07. The average molecular weight is 224 g/mol. The van der Waals surface area contributed by atoms with Crippen molar-refractivity contribution in [1.82, 2.24) is 0 Å². The van der Waals surface area contributed by atoms with Crippen LogP contribution in [0.2, 0.25) is 0 Å². The van der Waals surface area contributed by atoms with Crippen molar-refractivity contribution in [2.75, 3.05) is 0 Å². The molecule has 3 rings (SSSR count). The maximum Gasteiger partial charge on any atom is 0.0726 e. The van der Waals surface area contributed by atoms with Gasteiger partial charge in [-0.1, -0.05) is 54.1 Å². The van der Waals surface area contributed by atoms with Gasteiger partial charge in [-0.05, 0) is 35.6 Å². The summed E-state index contributed by atoms with van der Waals surface area (Å²) in [5, 5.41) is 12.1. The zero-order valence-corrected chi connectivity index (χ0v) is 9.76. The summed E-state index contributed by atoms with van der Waals surface area (Å²) in [4.78, 5) is 0. The Kier molecular flexibility index (Phi) is 2.69. The first-order valence-corrected chi connectivity index (χ1v) is 6.17. The SMILES string of the molecule is OC1C=C(Cc2cccc3ccccc23)CC1. The Balaban J connectivity index is 1.98. The van der Waals surface area contributed by atoms with E-state index in [1.165, 1.54) is 21.9 Å². The maximum absolute atomic E-state index is 9.51. The van der Waals surface area contributed by atoms with Crippen molar-refractivity contribution in [3.05, 3.63) is 59.7 Å². The van der Waals surface area contributed by atoms with E-state index in [2.05, 4.69) is 42.5 Å². The maximum atomic E-state index is 9.51. The van der Waals surface area contributed by atoms with E-state index in [0.717, 1.165) is 19.3 Å². The smallest absolute Gasteiger partial charge is 0.0726 e. The van der Waals surface area contributed by atoms with E-state index in [1.54, 1.807) is 0 Å². The Morgan fingerprint density at radius 2 is 1.88 bits per heavy atom. The Labute approximate surface area is 101 Å². The van der Waals surface area contributed by atoms with Crippen molar-refractivity contribution in [2.24, 2.45) is 0 Å². The van der Waals surface area contributed by atoms with E-state index in [-0.39, 0.29) is 6.10 Å². The number of aliphatic hydroxyl groups excluding tert-OH is 1. The van der Waals surface area contributed by atoms with E-state index in [9.17, 15) is 5.11 Å². The third-order valence-corrected chi connectivity index (χ3v) is 3.49. The topological polar surface area (TPSA) is 20.2 Å². The fourth-order valence-electron chi connectivity index (χ4n) is 2.61. The highest BCUT2D eigenvalue weighted by Gasteiger charge is 2.13. The van der Waals surface area contributed by atoms with Gasteiger partial charge in [-0.15, -0.1) is 0 Å². The van der Waals surface area contributed by atoms with E-state index >= 15 is 0 Å². The molecule has 1 atom stereocenters. The minimum Gasteiger partial charge on any atom is -0.389 e. The van der Waals surface area contributed by atoms with E-state index in [0.29, 0.717) is 0 Å². The highest BCUT2D eigenvalue weighted by atomic mass is 16.3. The highest BCUT2D eigenvalue weighted by molar-refractivity contribution is 5.85. The molecule has 0 heterocycles. The van der Waals surface area contributed by atoms with Crippen molar-refractivity contribution in [3.63, 3.8) is 0 Å². The second-order valence-electron chi connectivity index (χ2n) is 4.75. The summed E-state index contributed by atoms with van der Waals surface area (Å²) in [5.41, 5.74) is 2.73. The average Bonchev–Trinajstić information content (AvgIpc) is 2.75. The van der Waals surface area contributed by atoms with Crippen LogP contribution >= 0.6 is 0 Å². The molecular weight excluding hydrogens is 208 g/mol. The first kappa shape index (κ1) is 10.5. The van der Waals surface area contributed by atoms with Crippen LogP contribution in [0.25, 0.3) is 10.8 Å². The number of hydrogen-bond donors (Lipinski definition) is 1. The summed E-state index contributed by atoms with van der Waals surface area (Å²) >= 11 is 0. The van der Waals surface area contributed by atoms with E-state index in [4.69, 9.17) is 0 Å². The zero-order chi connectivity index (χ0) is 11.7. The second-order valence-corrected chi connectivity index (χ2v) is 4.75. The van der Waals surface area contributed by atoms with E-state index in [1.807, 2.05) is 6.08 Å². The van der Waals surface area contributed by atoms with Crippen LogP contribution in [-0.2, 0) is 6.42 Å². The predicted molar refractivity (Wildman–Crippen MR) is 71.0 cm³/mol. The lowest BCUT2D eigenvalue weighted by molar-refractivity contribution is 0.223. The van der Waals surface area contributed by atoms with Gasteiger partial charge in [-0.2, -0.15) is 0 Å². The Morgan fingerprint density at radius 1 is 1.06 bits per heavy atom. The molecule has 0 spiro atoms. The van der Waals surface area contributed by atoms with Crippen LogP contribution in [0.5, 0.6) is 0 Å². The fraction of sp³-hybridized carbons (Fsp3) is 0.250. The van der Waals surface area contributed by atoms with Crippen LogP contribution in [-0.4, -0.2) is 11.2 Å². The minimum absolute atomic E-state index is 0.222. The number of hydrogen-bond acceptors (Lipinski definition) is 1. The van der Waals surface area contributed by atoms with Crippen LogP contribution in [0.4, 0.5) is 0 Å². The summed E-state index contributed by atoms with van der Waals surface area (Å²) in [6.07, 6.45) is 4.69. The molecule has 0 radical (unpaired) electrons. The first-order chi connectivity index (χ1) is 8.33. The molecular formula is C16H16O. The van der Waals surface area contributed by atoms with Gasteiger partial charge >= 0.3 is 0 Å². The van der Waals surface area contributed by atoms with Gasteiger partial charge in [-0.25, -0.2) is 0 Å². The second kappa shape index (κ2) is 4.34. The summed E-state index contributed by atoms with van der Waals surface area (Å²) in [5.74, 6) is 0. The molecule has 1 aliphatic carbocycles. The van der Waals surface area contributed by atoms with Gasteiger partial charge in [-0.3, -0.25) is 0 Å². The van der Waals surface area contributed by atoms with Gasteiger partial charge in [0.2, 0.25) is 0 Å². The molecule has 0 aliphatic heterocycles. The normalized spacial score (nSPS) is 19.6. The molecule has 2 aromatic rings. The van der Waals surface area contributed by atoms with Crippen LogP contribution in [0.1, 0.15) is 18.4 Å². The molecule has 0 fully saturated rings. The van der Waals surface area contributed by atoms with Crippen molar-refractivity contribution < 1.29 is 5.11 Å². The van der Waals surface area contributed by atoms with Gasteiger partial charge in [0, 0.05) is 0 Å². The predicted octanol–water partition coefficient (Wildman–Crippen LogP) is 3.46. The number of fused-ring (bicyclic) bond motifs is 1. The number of rotatable bonds is 2. The van der Waals surface area contributed by atoms with Crippen LogP contribution in [0.3, 0.4) is 0 Å². The van der Waals surface area contributed by atoms with Gasteiger partial charge in [0.1, 0.15) is 0 Å². The lowest BCUT2D eigenvalue weighted by atomic mass is 9.98. The van der Waals surface area contributed by atoms with Crippen molar-refractivity contribution >= 4 is 10.8 Å². The number of allylic oxidation sites excluding steroid dienone is 1. The van der Waals surface area contributed by atoms with Crippen molar-refractivity contribution in [3.8, 4) is 0 Å². The highest BCUT2D eigenvalue weighted by Crippen LogP contribution is 2.26. The Bertz CT molecular complexity index is 563. The molecule has 86 valence electrons. The Morgan fingerprint density at radius 3 is 2.71 bits per heavy atom. The van der Waals surface area contributed by atoms with Crippen molar-refractivity contribution in [1.29, 1.82) is 0 Å². The largest absolute Gasteiger partial charge is 0.389 e. The molecule has 0 aromatic heterocycles. The molecule has 1 nitrogen and oxygen atoms in total. The van der Waals surface area contributed by atoms with E-state index < -0.39 is 0 Å². The monoisotopic (exact) mass is 224 g/mol. The Hall–Kier alpha value is -1.60. The molecule has 0 bridgehead atoms. The van der Waals surface area contributed by atoms with Crippen LogP contribution < -0.4 is 0 Å². The van der Waals surface area contributed by atoms with Gasteiger partial charge in [0.05, 0.1) is 6.10 Å². The third-order valence-electron chi connectivity index (χ3n) is 3.49. The van der Waals surface area contributed by atoms with Gasteiger partial charge < -0.3 is 5.11 Å². The molecule has 2 aromatic carbocycles. The molecule has 0 saturated heterocycles.